The van der Waals surface area contributed by atoms with Crippen LogP contribution in [0.25, 0.3) is 0 Å². The van der Waals surface area contributed by atoms with Crippen molar-refractivity contribution in [1.29, 1.82) is 0 Å². The van der Waals surface area contributed by atoms with Crippen molar-refractivity contribution in [2.45, 2.75) is 18.8 Å². The lowest BCUT2D eigenvalue weighted by atomic mass is 9.77. The Morgan fingerprint density at radius 2 is 2.25 bits per heavy atom. The largest absolute Gasteiger partial charge is 0.393 e. The van der Waals surface area contributed by atoms with Gasteiger partial charge in [-0.25, -0.2) is 0 Å². The molecule has 0 heterocycles. The highest BCUT2D eigenvalue weighted by Crippen LogP contribution is 2.34. The highest BCUT2D eigenvalue weighted by Gasteiger charge is 2.31. The first-order valence-electron chi connectivity index (χ1n) is 5.32. The van der Waals surface area contributed by atoms with Crippen LogP contribution in [0.5, 0.6) is 0 Å². The van der Waals surface area contributed by atoms with Gasteiger partial charge in [0.25, 0.3) is 0 Å². The first-order valence-corrected chi connectivity index (χ1v) is 5.73. The molecule has 4 heteroatoms. The van der Waals surface area contributed by atoms with Crippen LogP contribution >= 0.6 is 12.2 Å². The fourth-order valence-electron chi connectivity index (χ4n) is 1.92. The average molecular weight is 234 g/mol. The molecule has 1 aliphatic carbocycles. The lowest BCUT2D eigenvalue weighted by Gasteiger charge is -2.28. The number of nitrogens with two attached hydrogens (primary N) is 1. The van der Waals surface area contributed by atoms with Crippen LogP contribution in [0.3, 0.4) is 0 Å². The fourth-order valence-corrected chi connectivity index (χ4v) is 2.03. The summed E-state index contributed by atoms with van der Waals surface area (Å²) in [6.45, 7) is 0.535. The van der Waals surface area contributed by atoms with Gasteiger partial charge >= 0.3 is 0 Å². The monoisotopic (exact) mass is 234 g/mol. The summed E-state index contributed by atoms with van der Waals surface area (Å²) < 4.78 is 0. The molecule has 0 radical (unpaired) electrons. The maximum atomic E-state index is 11.8. The van der Waals surface area contributed by atoms with E-state index in [4.69, 9.17) is 18.0 Å². The van der Waals surface area contributed by atoms with Gasteiger partial charge in [0.05, 0.1) is 10.9 Å². The molecular formula is C12H14N2OS. The van der Waals surface area contributed by atoms with Gasteiger partial charge in [0, 0.05) is 13.0 Å². The lowest BCUT2D eigenvalue weighted by molar-refractivity contribution is -0.123. The average Bonchev–Trinajstić information content (AvgIpc) is 2.19. The van der Waals surface area contributed by atoms with Crippen molar-refractivity contribution in [3.63, 3.8) is 0 Å². The molecule has 16 heavy (non-hydrogen) atoms. The normalized spacial score (nSPS) is 17.1. The molecule has 3 N–H and O–H groups in total. The van der Waals surface area contributed by atoms with E-state index in [1.807, 2.05) is 18.2 Å². The van der Waals surface area contributed by atoms with Crippen LogP contribution in [-0.4, -0.2) is 17.4 Å². The van der Waals surface area contributed by atoms with Crippen molar-refractivity contribution in [3.05, 3.63) is 35.4 Å². The zero-order valence-electron chi connectivity index (χ0n) is 8.90. The van der Waals surface area contributed by atoms with Crippen LogP contribution in [0.1, 0.15) is 23.5 Å². The second kappa shape index (κ2) is 4.61. The fraction of sp³-hybridized carbons (Fsp3) is 0.333. The first kappa shape index (κ1) is 11.1. The van der Waals surface area contributed by atoms with Crippen LogP contribution in [0.4, 0.5) is 0 Å². The zero-order chi connectivity index (χ0) is 11.5. The molecule has 0 bridgehead atoms. The quantitative estimate of drug-likeness (QED) is 0.768. The molecule has 1 aromatic carbocycles. The van der Waals surface area contributed by atoms with Crippen LogP contribution in [0.15, 0.2) is 24.3 Å². The summed E-state index contributed by atoms with van der Waals surface area (Å²) >= 11 is 4.75. The van der Waals surface area contributed by atoms with Crippen molar-refractivity contribution in [2.75, 3.05) is 6.54 Å². The molecule has 1 aliphatic rings. The Hall–Kier alpha value is -1.42. The van der Waals surface area contributed by atoms with Crippen LogP contribution < -0.4 is 11.1 Å². The van der Waals surface area contributed by atoms with Gasteiger partial charge in [0.2, 0.25) is 5.91 Å². The maximum Gasteiger partial charge on any atom is 0.227 e. The van der Waals surface area contributed by atoms with Gasteiger partial charge in [-0.1, -0.05) is 36.5 Å². The highest BCUT2D eigenvalue weighted by atomic mass is 32.1. The van der Waals surface area contributed by atoms with Crippen molar-refractivity contribution in [3.8, 4) is 0 Å². The smallest absolute Gasteiger partial charge is 0.227 e. The molecule has 3 nitrogen and oxygen atoms in total. The van der Waals surface area contributed by atoms with Gasteiger partial charge in [-0.05, 0) is 17.5 Å². The van der Waals surface area contributed by atoms with Gasteiger partial charge in [-0.3, -0.25) is 4.79 Å². The Labute approximate surface area is 100 Å². The van der Waals surface area contributed by atoms with E-state index in [0.717, 1.165) is 12.0 Å². The Morgan fingerprint density at radius 1 is 1.50 bits per heavy atom. The lowest BCUT2D eigenvalue weighted by Crippen LogP contribution is -2.36. The summed E-state index contributed by atoms with van der Waals surface area (Å²) in [5.41, 5.74) is 7.78. The van der Waals surface area contributed by atoms with E-state index in [1.165, 1.54) is 5.56 Å². The van der Waals surface area contributed by atoms with E-state index in [2.05, 4.69) is 11.4 Å². The van der Waals surface area contributed by atoms with Crippen LogP contribution in [0, 0.1) is 0 Å². The van der Waals surface area contributed by atoms with E-state index >= 15 is 0 Å². The van der Waals surface area contributed by atoms with Gasteiger partial charge in [-0.2, -0.15) is 0 Å². The van der Waals surface area contributed by atoms with Crippen molar-refractivity contribution < 1.29 is 4.79 Å². The van der Waals surface area contributed by atoms with E-state index in [0.29, 0.717) is 18.0 Å². The number of hydrogen-bond donors (Lipinski definition) is 2. The van der Waals surface area contributed by atoms with E-state index < -0.39 is 0 Å². The van der Waals surface area contributed by atoms with Crippen LogP contribution in [-0.2, 0) is 11.2 Å². The summed E-state index contributed by atoms with van der Waals surface area (Å²) in [5, 5.41) is 2.85. The minimum Gasteiger partial charge on any atom is -0.393 e. The van der Waals surface area contributed by atoms with Crippen LogP contribution in [0.2, 0.25) is 0 Å². The molecule has 1 atom stereocenters. The highest BCUT2D eigenvalue weighted by molar-refractivity contribution is 7.80. The number of fused-ring (bicyclic) bond motifs is 1. The first-order chi connectivity index (χ1) is 7.68. The molecule has 84 valence electrons. The zero-order valence-corrected chi connectivity index (χ0v) is 9.72. The molecule has 1 unspecified atom stereocenters. The summed E-state index contributed by atoms with van der Waals surface area (Å²) in [6.07, 6.45) is 1.41. The van der Waals surface area contributed by atoms with Gasteiger partial charge < -0.3 is 11.1 Å². The van der Waals surface area contributed by atoms with Gasteiger partial charge in [0.1, 0.15) is 0 Å². The van der Waals surface area contributed by atoms with E-state index in [9.17, 15) is 4.79 Å². The third-order valence-corrected chi connectivity index (χ3v) is 3.05. The Balaban J connectivity index is 1.87. The molecule has 0 aliphatic heterocycles. The Bertz CT molecular complexity index is 431. The summed E-state index contributed by atoms with van der Waals surface area (Å²) in [5.74, 6) is 0.0949. The molecule has 1 amide bonds. The molecule has 0 saturated heterocycles. The third kappa shape index (κ3) is 2.22. The minimum absolute atomic E-state index is 0.0162. The topological polar surface area (TPSA) is 55.1 Å². The number of carbonyl (C=O) groups excluding carboxylic acids is 1. The Morgan fingerprint density at radius 3 is 2.94 bits per heavy atom. The van der Waals surface area contributed by atoms with Crippen molar-refractivity contribution in [2.24, 2.45) is 5.73 Å². The molecule has 2 rings (SSSR count). The third-order valence-electron chi connectivity index (χ3n) is 2.84. The number of nitrogens with one attached hydrogen (secondary N) is 1. The molecule has 0 fully saturated rings. The Kier molecular flexibility index (Phi) is 3.19. The minimum atomic E-state index is 0.0162. The second-order valence-corrected chi connectivity index (χ2v) is 4.49. The molecule has 0 spiro atoms. The molecular weight excluding hydrogens is 220 g/mol. The SMILES string of the molecule is NC(=S)CCNC(=O)C1Cc2ccccc21. The van der Waals surface area contributed by atoms with Crippen molar-refractivity contribution in [1.82, 2.24) is 5.32 Å². The van der Waals surface area contributed by atoms with E-state index in [1.54, 1.807) is 0 Å². The number of hydrogen-bond acceptors (Lipinski definition) is 2. The molecule has 0 aromatic heterocycles. The predicted molar refractivity (Wildman–Crippen MR) is 67.3 cm³/mol. The summed E-state index contributed by atoms with van der Waals surface area (Å²) in [6, 6.07) is 8.04. The standard InChI is InChI=1S/C12H14N2OS/c13-11(16)5-6-14-12(15)10-7-8-3-1-2-4-9(8)10/h1-4,10H,5-7H2,(H2,13,16)(H,14,15). The summed E-state index contributed by atoms with van der Waals surface area (Å²) in [7, 11) is 0. The molecule has 1 aromatic rings. The number of thiocarbonyl (C=S) groups is 1. The number of carbonyl (C=O) groups is 1. The van der Waals surface area contributed by atoms with Crippen molar-refractivity contribution >= 4 is 23.1 Å². The number of amides is 1. The number of rotatable bonds is 4. The number of benzene rings is 1. The maximum absolute atomic E-state index is 11.8. The second-order valence-electron chi connectivity index (χ2n) is 3.96. The molecule has 0 saturated carbocycles. The van der Waals surface area contributed by atoms with E-state index in [-0.39, 0.29) is 11.8 Å². The van der Waals surface area contributed by atoms with Gasteiger partial charge in [0.15, 0.2) is 0 Å². The van der Waals surface area contributed by atoms with Gasteiger partial charge in [-0.15, -0.1) is 0 Å². The summed E-state index contributed by atoms with van der Waals surface area (Å²) in [4.78, 5) is 12.2. The predicted octanol–water partition coefficient (Wildman–Crippen LogP) is 1.12.